The summed E-state index contributed by atoms with van der Waals surface area (Å²) >= 11 is 0.923. The number of carbonyl (C=O) groups excluding carboxylic acids is 2. The predicted molar refractivity (Wildman–Crippen MR) is 71.7 cm³/mol. The van der Waals surface area contributed by atoms with E-state index >= 15 is 0 Å². The molecule has 1 heterocycles. The molecule has 0 aromatic carbocycles. The van der Waals surface area contributed by atoms with Crippen molar-refractivity contribution >= 4 is 23.7 Å². The molecule has 0 radical (unpaired) electrons. The number of amides is 3. The summed E-state index contributed by atoms with van der Waals surface area (Å²) in [5.41, 5.74) is -0.861. The zero-order valence-corrected chi connectivity index (χ0v) is 11.6. The number of hydrogen-bond acceptors (Lipinski definition) is 4. The van der Waals surface area contributed by atoms with E-state index in [1.165, 1.54) is 12.1 Å². The Morgan fingerprint density at radius 3 is 2.62 bits per heavy atom. The fourth-order valence-corrected chi connectivity index (χ4v) is 1.79. The normalized spacial score (nSPS) is 10.8. The topological polar surface area (TPSA) is 71.1 Å². The van der Waals surface area contributed by atoms with Crippen LogP contribution in [-0.2, 0) is 11.0 Å². The minimum absolute atomic E-state index is 0.139. The van der Waals surface area contributed by atoms with Gasteiger partial charge in [-0.2, -0.15) is 13.2 Å². The fourth-order valence-electron chi connectivity index (χ4n) is 1.14. The number of nitrogens with one attached hydrogen (secondary N) is 2. The number of pyridine rings is 1. The van der Waals surface area contributed by atoms with E-state index in [0.717, 1.165) is 17.8 Å². The molecule has 21 heavy (non-hydrogen) atoms. The Morgan fingerprint density at radius 1 is 1.38 bits per heavy atom. The van der Waals surface area contributed by atoms with Crippen molar-refractivity contribution in [1.29, 1.82) is 0 Å². The van der Waals surface area contributed by atoms with E-state index in [0.29, 0.717) is 6.20 Å². The van der Waals surface area contributed by atoms with Crippen LogP contribution in [-0.4, -0.2) is 29.2 Å². The van der Waals surface area contributed by atoms with Crippen LogP contribution in [0.2, 0.25) is 0 Å². The van der Waals surface area contributed by atoms with Crippen LogP contribution in [0.3, 0.4) is 0 Å². The van der Waals surface area contributed by atoms with Crippen LogP contribution in [0.5, 0.6) is 0 Å². The van der Waals surface area contributed by atoms with Crippen molar-refractivity contribution in [2.24, 2.45) is 0 Å². The van der Waals surface area contributed by atoms with Crippen molar-refractivity contribution in [3.63, 3.8) is 0 Å². The predicted octanol–water partition coefficient (Wildman–Crippen LogP) is 2.20. The summed E-state index contributed by atoms with van der Waals surface area (Å²) in [7, 11) is 0. The van der Waals surface area contributed by atoms with E-state index in [1.54, 1.807) is 0 Å². The van der Waals surface area contributed by atoms with Crippen LogP contribution < -0.4 is 10.6 Å². The largest absolute Gasteiger partial charge is 0.417 e. The molecule has 3 amide bonds. The molecule has 1 aromatic heterocycles. The second-order valence-electron chi connectivity index (χ2n) is 3.72. The number of imide groups is 1. The Balaban J connectivity index is 2.43. The first-order valence-corrected chi connectivity index (χ1v) is 6.66. The van der Waals surface area contributed by atoms with Gasteiger partial charge in [0.2, 0.25) is 5.91 Å². The second-order valence-corrected chi connectivity index (χ2v) is 4.71. The first-order valence-electron chi connectivity index (χ1n) is 5.67. The third-order valence-electron chi connectivity index (χ3n) is 2.07. The first-order chi connectivity index (χ1) is 9.82. The van der Waals surface area contributed by atoms with E-state index in [-0.39, 0.29) is 17.3 Å². The van der Waals surface area contributed by atoms with E-state index in [1.807, 2.05) is 0 Å². The highest BCUT2D eigenvalue weighted by atomic mass is 32.2. The van der Waals surface area contributed by atoms with Crippen LogP contribution in [0.25, 0.3) is 0 Å². The zero-order chi connectivity index (χ0) is 15.9. The Bertz CT molecular complexity index is 517. The molecule has 1 aromatic rings. The van der Waals surface area contributed by atoms with Crippen molar-refractivity contribution in [2.75, 3.05) is 12.3 Å². The fraction of sp³-hybridized carbons (Fsp3) is 0.250. The van der Waals surface area contributed by atoms with E-state index in [9.17, 15) is 22.8 Å². The van der Waals surface area contributed by atoms with Gasteiger partial charge in [-0.15, -0.1) is 6.58 Å². The van der Waals surface area contributed by atoms with Gasteiger partial charge in [-0.25, -0.2) is 9.78 Å². The summed E-state index contributed by atoms with van der Waals surface area (Å²) in [5.74, 6) is -0.719. The number of hydrogen-bond donors (Lipinski definition) is 2. The standard InChI is InChI=1S/C12H12F3N3O2S/c1-2-5-16-11(20)18-9(19)7-21-10-4-3-8(6-17-10)12(13,14)15/h2-4,6H,1,5,7H2,(H2,16,18,19,20). The third kappa shape index (κ3) is 6.30. The third-order valence-corrected chi connectivity index (χ3v) is 3.02. The number of alkyl halides is 3. The highest BCUT2D eigenvalue weighted by Crippen LogP contribution is 2.29. The van der Waals surface area contributed by atoms with Crippen LogP contribution in [0, 0.1) is 0 Å². The second kappa shape index (κ2) is 7.67. The zero-order valence-electron chi connectivity index (χ0n) is 10.7. The van der Waals surface area contributed by atoms with Crippen LogP contribution >= 0.6 is 11.8 Å². The molecule has 9 heteroatoms. The molecule has 0 saturated heterocycles. The molecule has 0 bridgehead atoms. The van der Waals surface area contributed by atoms with Crippen LogP contribution in [0.4, 0.5) is 18.0 Å². The van der Waals surface area contributed by atoms with Gasteiger partial charge in [0.25, 0.3) is 0 Å². The number of halogens is 3. The summed E-state index contributed by atoms with van der Waals surface area (Å²) in [6, 6.07) is 1.38. The van der Waals surface area contributed by atoms with E-state index in [4.69, 9.17) is 0 Å². The van der Waals surface area contributed by atoms with Gasteiger partial charge in [0.1, 0.15) is 0 Å². The maximum Gasteiger partial charge on any atom is 0.417 e. The summed E-state index contributed by atoms with van der Waals surface area (Å²) in [4.78, 5) is 26.1. The average molecular weight is 319 g/mol. The SMILES string of the molecule is C=CCNC(=O)NC(=O)CSc1ccc(C(F)(F)F)cn1. The van der Waals surface area contributed by atoms with Gasteiger partial charge in [-0.05, 0) is 12.1 Å². The van der Waals surface area contributed by atoms with Gasteiger partial charge in [0, 0.05) is 12.7 Å². The van der Waals surface area contributed by atoms with Gasteiger partial charge < -0.3 is 5.32 Å². The quantitative estimate of drug-likeness (QED) is 0.645. The molecular formula is C12H12F3N3O2S. The number of rotatable bonds is 5. The van der Waals surface area contributed by atoms with Crippen molar-refractivity contribution in [2.45, 2.75) is 11.2 Å². The Kier molecular flexibility index (Phi) is 6.22. The number of urea groups is 1. The van der Waals surface area contributed by atoms with Gasteiger partial charge >= 0.3 is 12.2 Å². The number of aromatic nitrogens is 1. The summed E-state index contributed by atoms with van der Waals surface area (Å²) in [6.45, 7) is 3.61. The van der Waals surface area contributed by atoms with E-state index in [2.05, 4.69) is 22.2 Å². The lowest BCUT2D eigenvalue weighted by atomic mass is 10.3. The molecule has 0 unspecified atom stereocenters. The molecule has 0 aliphatic carbocycles. The van der Waals surface area contributed by atoms with Gasteiger partial charge in [0.05, 0.1) is 16.3 Å². The van der Waals surface area contributed by atoms with Crippen LogP contribution in [0.1, 0.15) is 5.56 Å². The molecule has 0 aliphatic heterocycles. The smallest absolute Gasteiger partial charge is 0.334 e. The minimum Gasteiger partial charge on any atom is -0.334 e. The maximum absolute atomic E-state index is 12.3. The molecule has 0 atom stereocenters. The molecule has 2 N–H and O–H groups in total. The van der Waals surface area contributed by atoms with Crippen molar-refractivity contribution in [3.8, 4) is 0 Å². The number of nitrogens with zero attached hydrogens (tertiary/aromatic N) is 1. The van der Waals surface area contributed by atoms with Crippen molar-refractivity contribution < 1.29 is 22.8 Å². The molecule has 0 spiro atoms. The summed E-state index contributed by atoms with van der Waals surface area (Å²) in [5, 5.41) is 4.66. The lowest BCUT2D eigenvalue weighted by Gasteiger charge is -2.07. The monoisotopic (exact) mass is 319 g/mol. The first kappa shape index (κ1) is 17.0. The Morgan fingerprint density at radius 2 is 2.10 bits per heavy atom. The van der Waals surface area contributed by atoms with Gasteiger partial charge in [-0.3, -0.25) is 10.1 Å². The molecule has 1 rings (SSSR count). The Hall–Kier alpha value is -2.03. The van der Waals surface area contributed by atoms with Gasteiger partial charge in [0.15, 0.2) is 0 Å². The molecule has 114 valence electrons. The Labute approximate surface area is 123 Å². The molecule has 5 nitrogen and oxygen atoms in total. The highest BCUT2D eigenvalue weighted by Gasteiger charge is 2.30. The molecular weight excluding hydrogens is 307 g/mol. The molecule has 0 fully saturated rings. The maximum atomic E-state index is 12.3. The van der Waals surface area contributed by atoms with E-state index < -0.39 is 23.7 Å². The average Bonchev–Trinajstić information content (AvgIpc) is 2.42. The number of thioether (sulfide) groups is 1. The lowest BCUT2D eigenvalue weighted by molar-refractivity contribution is -0.137. The molecule has 0 aliphatic rings. The summed E-state index contributed by atoms with van der Waals surface area (Å²) < 4.78 is 36.9. The van der Waals surface area contributed by atoms with Crippen molar-refractivity contribution in [1.82, 2.24) is 15.6 Å². The lowest BCUT2D eigenvalue weighted by Crippen LogP contribution is -2.40. The minimum atomic E-state index is -4.45. The number of carbonyl (C=O) groups is 2. The van der Waals surface area contributed by atoms with Crippen molar-refractivity contribution in [3.05, 3.63) is 36.5 Å². The summed E-state index contributed by atoms with van der Waals surface area (Å²) in [6.07, 6.45) is -2.31. The highest BCUT2D eigenvalue weighted by molar-refractivity contribution is 7.99. The van der Waals surface area contributed by atoms with Gasteiger partial charge in [-0.1, -0.05) is 17.8 Å². The van der Waals surface area contributed by atoms with Crippen LogP contribution in [0.15, 0.2) is 36.0 Å². The molecule has 0 saturated carbocycles.